The lowest BCUT2D eigenvalue weighted by molar-refractivity contribution is 0.0514. The third-order valence-corrected chi connectivity index (χ3v) is 3.03. The number of hydrogen-bond donors (Lipinski definition) is 2. The lowest BCUT2D eigenvalue weighted by Gasteiger charge is -2.30. The van der Waals surface area contributed by atoms with E-state index in [0.29, 0.717) is 12.0 Å². The quantitative estimate of drug-likeness (QED) is 0.798. The van der Waals surface area contributed by atoms with Gasteiger partial charge in [-0.15, -0.1) is 0 Å². The van der Waals surface area contributed by atoms with E-state index in [0.717, 1.165) is 32.4 Å². The lowest BCUT2D eigenvalue weighted by atomic mass is 9.91. The molecule has 0 bridgehead atoms. The largest absolute Gasteiger partial charge is 0.444 e. The van der Waals surface area contributed by atoms with Crippen molar-refractivity contribution in [1.29, 1.82) is 0 Å². The van der Waals surface area contributed by atoms with Gasteiger partial charge < -0.3 is 15.4 Å². The van der Waals surface area contributed by atoms with Gasteiger partial charge in [-0.05, 0) is 52.5 Å². The number of carbonyl (C=O) groups is 1. The Labute approximate surface area is 104 Å². The van der Waals surface area contributed by atoms with Gasteiger partial charge in [0.2, 0.25) is 0 Å². The van der Waals surface area contributed by atoms with E-state index in [9.17, 15) is 4.79 Å². The summed E-state index contributed by atoms with van der Waals surface area (Å²) in [5.41, 5.74) is -0.413. The summed E-state index contributed by atoms with van der Waals surface area (Å²) >= 11 is 0. The second kappa shape index (κ2) is 6.24. The van der Waals surface area contributed by atoms with E-state index in [1.54, 1.807) is 0 Å². The first-order valence-corrected chi connectivity index (χ1v) is 6.61. The number of rotatable bonds is 3. The van der Waals surface area contributed by atoms with Crippen LogP contribution >= 0.6 is 0 Å². The summed E-state index contributed by atoms with van der Waals surface area (Å²) in [4.78, 5) is 11.5. The van der Waals surface area contributed by atoms with Gasteiger partial charge in [-0.2, -0.15) is 0 Å². The molecule has 0 aromatic rings. The molecule has 100 valence electrons. The van der Waals surface area contributed by atoms with Gasteiger partial charge in [-0.1, -0.05) is 6.92 Å². The minimum atomic E-state index is -0.413. The van der Waals surface area contributed by atoms with Crippen molar-refractivity contribution < 1.29 is 9.53 Å². The molecule has 0 saturated carbocycles. The normalized spacial score (nSPS) is 25.4. The number of hydrogen-bond acceptors (Lipinski definition) is 3. The highest BCUT2D eigenvalue weighted by Crippen LogP contribution is 2.17. The maximum absolute atomic E-state index is 11.5. The Hall–Kier alpha value is -0.770. The van der Waals surface area contributed by atoms with Gasteiger partial charge in [0, 0.05) is 12.6 Å². The van der Waals surface area contributed by atoms with Gasteiger partial charge in [0.05, 0.1) is 0 Å². The highest BCUT2D eigenvalue weighted by molar-refractivity contribution is 5.67. The number of piperidine rings is 1. The molecule has 1 aliphatic heterocycles. The number of nitrogens with one attached hydrogen (secondary N) is 2. The molecular formula is C13H26N2O2. The molecule has 0 aliphatic carbocycles. The van der Waals surface area contributed by atoms with Gasteiger partial charge in [0.15, 0.2) is 0 Å². The van der Waals surface area contributed by atoms with Crippen molar-refractivity contribution in [3.05, 3.63) is 0 Å². The molecule has 4 heteroatoms. The van der Waals surface area contributed by atoms with Crippen LogP contribution in [-0.4, -0.2) is 30.8 Å². The van der Waals surface area contributed by atoms with Crippen LogP contribution in [0.5, 0.6) is 0 Å². The van der Waals surface area contributed by atoms with Crippen LogP contribution in [0.4, 0.5) is 4.79 Å². The summed E-state index contributed by atoms with van der Waals surface area (Å²) in [6.07, 6.45) is 3.13. The molecule has 2 unspecified atom stereocenters. The minimum absolute atomic E-state index is 0.302. The van der Waals surface area contributed by atoms with Crippen LogP contribution in [0.25, 0.3) is 0 Å². The van der Waals surface area contributed by atoms with E-state index >= 15 is 0 Å². The Balaban J connectivity index is 2.23. The van der Waals surface area contributed by atoms with E-state index in [1.165, 1.54) is 0 Å². The van der Waals surface area contributed by atoms with Crippen molar-refractivity contribution in [2.24, 2.45) is 5.92 Å². The molecule has 4 nitrogen and oxygen atoms in total. The van der Waals surface area contributed by atoms with Gasteiger partial charge in [0.1, 0.15) is 5.60 Å². The predicted molar refractivity (Wildman–Crippen MR) is 69.0 cm³/mol. The zero-order valence-corrected chi connectivity index (χ0v) is 11.5. The number of alkyl carbamates (subject to hydrolysis) is 1. The van der Waals surface area contributed by atoms with Crippen LogP contribution in [0.3, 0.4) is 0 Å². The van der Waals surface area contributed by atoms with E-state index in [2.05, 4.69) is 17.6 Å². The third-order valence-electron chi connectivity index (χ3n) is 3.03. The molecule has 2 atom stereocenters. The molecule has 1 rings (SSSR count). The molecule has 1 saturated heterocycles. The molecule has 0 radical (unpaired) electrons. The third kappa shape index (κ3) is 5.91. The van der Waals surface area contributed by atoms with E-state index in [-0.39, 0.29) is 6.09 Å². The standard InChI is InChI=1S/C13H26N2O2/c1-5-11-8-10(6-7-14-11)9-15-12(16)17-13(2,3)4/h10-11,14H,5-9H2,1-4H3,(H,15,16). The zero-order chi connectivity index (χ0) is 12.9. The van der Waals surface area contributed by atoms with Crippen molar-refractivity contribution in [2.75, 3.05) is 13.1 Å². The molecule has 0 aromatic heterocycles. The van der Waals surface area contributed by atoms with Gasteiger partial charge in [-0.3, -0.25) is 0 Å². The monoisotopic (exact) mass is 242 g/mol. The maximum atomic E-state index is 11.5. The number of carbonyl (C=O) groups excluding carboxylic acids is 1. The number of ether oxygens (including phenoxy) is 1. The molecule has 1 heterocycles. The SMILES string of the molecule is CCC1CC(CNC(=O)OC(C)(C)C)CCN1. The molecule has 0 spiro atoms. The fourth-order valence-electron chi connectivity index (χ4n) is 2.13. The fourth-order valence-corrected chi connectivity index (χ4v) is 2.13. The van der Waals surface area contributed by atoms with Crippen LogP contribution < -0.4 is 10.6 Å². The van der Waals surface area contributed by atoms with Crippen LogP contribution in [0.15, 0.2) is 0 Å². The Bertz CT molecular complexity index is 248. The molecular weight excluding hydrogens is 216 g/mol. The summed E-state index contributed by atoms with van der Waals surface area (Å²) in [5.74, 6) is 0.578. The summed E-state index contributed by atoms with van der Waals surface area (Å²) in [6.45, 7) is 9.62. The molecule has 0 aromatic carbocycles. The Kier molecular flexibility index (Phi) is 5.25. The zero-order valence-electron chi connectivity index (χ0n) is 11.5. The first kappa shape index (κ1) is 14.3. The molecule has 2 N–H and O–H groups in total. The average molecular weight is 242 g/mol. The summed E-state index contributed by atoms with van der Waals surface area (Å²) < 4.78 is 5.22. The van der Waals surface area contributed by atoms with Crippen LogP contribution in [-0.2, 0) is 4.74 Å². The summed E-state index contributed by atoms with van der Waals surface area (Å²) in [5, 5.41) is 6.35. The van der Waals surface area contributed by atoms with E-state index in [4.69, 9.17) is 4.74 Å². The Morgan fingerprint density at radius 3 is 2.76 bits per heavy atom. The van der Waals surface area contributed by atoms with Crippen LogP contribution in [0.2, 0.25) is 0 Å². The smallest absolute Gasteiger partial charge is 0.407 e. The second-order valence-electron chi connectivity index (χ2n) is 5.83. The van der Waals surface area contributed by atoms with Gasteiger partial charge >= 0.3 is 6.09 Å². The minimum Gasteiger partial charge on any atom is -0.444 e. The second-order valence-corrected chi connectivity index (χ2v) is 5.83. The van der Waals surface area contributed by atoms with Gasteiger partial charge in [0.25, 0.3) is 0 Å². The fraction of sp³-hybridized carbons (Fsp3) is 0.923. The van der Waals surface area contributed by atoms with E-state index < -0.39 is 5.60 Å². The van der Waals surface area contributed by atoms with Crippen molar-refractivity contribution in [1.82, 2.24) is 10.6 Å². The topological polar surface area (TPSA) is 50.4 Å². The van der Waals surface area contributed by atoms with Crippen molar-refractivity contribution in [3.63, 3.8) is 0 Å². The molecule has 17 heavy (non-hydrogen) atoms. The van der Waals surface area contributed by atoms with Crippen LogP contribution in [0.1, 0.15) is 47.0 Å². The maximum Gasteiger partial charge on any atom is 0.407 e. The lowest BCUT2D eigenvalue weighted by Crippen LogP contribution is -2.42. The van der Waals surface area contributed by atoms with Crippen LogP contribution in [0, 0.1) is 5.92 Å². The van der Waals surface area contributed by atoms with Crippen molar-refractivity contribution in [2.45, 2.75) is 58.6 Å². The van der Waals surface area contributed by atoms with E-state index in [1.807, 2.05) is 20.8 Å². The van der Waals surface area contributed by atoms with Crippen molar-refractivity contribution >= 4 is 6.09 Å². The highest BCUT2D eigenvalue weighted by Gasteiger charge is 2.22. The first-order chi connectivity index (χ1) is 7.90. The predicted octanol–water partition coefficient (Wildman–Crippen LogP) is 2.29. The Morgan fingerprint density at radius 1 is 1.47 bits per heavy atom. The number of amides is 1. The molecule has 1 amide bonds. The Morgan fingerprint density at radius 2 is 2.18 bits per heavy atom. The summed E-state index contributed by atoms with van der Waals surface area (Å²) in [6, 6.07) is 0.606. The average Bonchev–Trinajstić information content (AvgIpc) is 2.24. The molecule has 1 fully saturated rings. The molecule has 1 aliphatic rings. The summed E-state index contributed by atoms with van der Waals surface area (Å²) in [7, 11) is 0. The van der Waals surface area contributed by atoms with Gasteiger partial charge in [-0.25, -0.2) is 4.79 Å². The highest BCUT2D eigenvalue weighted by atomic mass is 16.6. The van der Waals surface area contributed by atoms with Crippen molar-refractivity contribution in [3.8, 4) is 0 Å². The first-order valence-electron chi connectivity index (χ1n) is 6.61.